The number of anilines is 1. The highest BCUT2D eigenvalue weighted by molar-refractivity contribution is 9.10. The molecule has 1 atom stereocenters. The van der Waals surface area contributed by atoms with E-state index < -0.39 is 0 Å². The Kier molecular flexibility index (Phi) is 4.82. The molecular weight excluding hydrogens is 306 g/mol. The molecule has 1 aromatic carbocycles. The van der Waals surface area contributed by atoms with Crippen LogP contribution in [-0.4, -0.2) is 38.6 Å². The van der Waals surface area contributed by atoms with Crippen LogP contribution >= 0.6 is 15.9 Å². The van der Waals surface area contributed by atoms with Gasteiger partial charge in [0.1, 0.15) is 0 Å². The molecule has 19 heavy (non-hydrogen) atoms. The average molecular weight is 326 g/mol. The number of rotatable bonds is 4. The summed E-state index contributed by atoms with van der Waals surface area (Å²) < 4.78 is 1.10. The van der Waals surface area contributed by atoms with Crippen molar-refractivity contribution in [2.24, 2.45) is 0 Å². The third-order valence-corrected chi connectivity index (χ3v) is 4.28. The van der Waals surface area contributed by atoms with Gasteiger partial charge in [-0.25, -0.2) is 0 Å². The van der Waals surface area contributed by atoms with Gasteiger partial charge in [0.05, 0.1) is 6.54 Å². The minimum atomic E-state index is 0.105. The Hall–Kier alpha value is -1.07. The molecule has 0 bridgehead atoms. The van der Waals surface area contributed by atoms with E-state index in [1.165, 1.54) is 5.56 Å². The van der Waals surface area contributed by atoms with Crippen molar-refractivity contribution in [3.63, 3.8) is 0 Å². The molecule has 0 saturated carbocycles. The number of benzene rings is 1. The maximum atomic E-state index is 11.8. The Morgan fingerprint density at radius 2 is 2.32 bits per heavy atom. The number of hydrogen-bond donors (Lipinski definition) is 2. The molecule has 1 unspecified atom stereocenters. The molecule has 0 radical (unpaired) electrons. The van der Waals surface area contributed by atoms with Crippen molar-refractivity contribution in [1.82, 2.24) is 10.6 Å². The van der Waals surface area contributed by atoms with E-state index in [0.29, 0.717) is 6.54 Å². The number of amides is 1. The predicted molar refractivity (Wildman–Crippen MR) is 81.6 cm³/mol. The number of hydrogen-bond acceptors (Lipinski definition) is 3. The highest BCUT2D eigenvalue weighted by Gasteiger charge is 2.24. The van der Waals surface area contributed by atoms with Crippen LogP contribution in [0.3, 0.4) is 0 Å². The second-order valence-electron chi connectivity index (χ2n) is 4.97. The topological polar surface area (TPSA) is 44.4 Å². The van der Waals surface area contributed by atoms with Gasteiger partial charge >= 0.3 is 0 Å². The smallest absolute Gasteiger partial charge is 0.239 e. The predicted octanol–water partition coefficient (Wildman–Crippen LogP) is 1.67. The van der Waals surface area contributed by atoms with Gasteiger partial charge in [0.15, 0.2) is 0 Å². The number of nitrogens with zero attached hydrogens (tertiary/aromatic N) is 1. The van der Waals surface area contributed by atoms with Crippen molar-refractivity contribution in [2.75, 3.05) is 31.6 Å². The van der Waals surface area contributed by atoms with E-state index >= 15 is 0 Å². The molecule has 0 aliphatic carbocycles. The third-order valence-electron chi connectivity index (χ3n) is 3.39. The Labute approximate surface area is 122 Å². The first-order chi connectivity index (χ1) is 9.10. The van der Waals surface area contributed by atoms with Gasteiger partial charge in [-0.2, -0.15) is 0 Å². The molecule has 4 nitrogen and oxygen atoms in total. The lowest BCUT2D eigenvalue weighted by molar-refractivity contribution is -0.121. The van der Waals surface area contributed by atoms with Crippen molar-refractivity contribution in [3.8, 4) is 0 Å². The standard InChI is InChI=1S/C14H20BrN3O/c1-10-7-12(3-4-13(10)15)18-8-11(5-6-16-2)17-14(19)9-18/h3-4,7,11,16H,5-6,8-9H2,1-2H3,(H,17,19). The van der Waals surface area contributed by atoms with Crippen molar-refractivity contribution in [1.29, 1.82) is 0 Å². The fourth-order valence-electron chi connectivity index (χ4n) is 2.33. The van der Waals surface area contributed by atoms with Crippen LogP contribution in [0.5, 0.6) is 0 Å². The van der Waals surface area contributed by atoms with Crippen LogP contribution in [0, 0.1) is 6.92 Å². The second-order valence-corrected chi connectivity index (χ2v) is 5.83. The maximum absolute atomic E-state index is 11.8. The lowest BCUT2D eigenvalue weighted by Crippen LogP contribution is -2.54. The first kappa shape index (κ1) is 14.3. The molecule has 1 amide bonds. The molecule has 2 rings (SSSR count). The van der Waals surface area contributed by atoms with Crippen LogP contribution in [0.2, 0.25) is 0 Å². The van der Waals surface area contributed by atoms with E-state index in [0.717, 1.165) is 29.7 Å². The minimum Gasteiger partial charge on any atom is -0.360 e. The van der Waals surface area contributed by atoms with Crippen molar-refractivity contribution >= 4 is 27.5 Å². The van der Waals surface area contributed by atoms with Crippen LogP contribution < -0.4 is 15.5 Å². The highest BCUT2D eigenvalue weighted by Crippen LogP contribution is 2.24. The first-order valence-electron chi connectivity index (χ1n) is 6.55. The summed E-state index contributed by atoms with van der Waals surface area (Å²) in [5.74, 6) is 0.105. The Morgan fingerprint density at radius 3 is 3.00 bits per heavy atom. The Morgan fingerprint density at radius 1 is 1.53 bits per heavy atom. The number of nitrogens with one attached hydrogen (secondary N) is 2. The molecule has 1 saturated heterocycles. The van der Waals surface area contributed by atoms with Gasteiger partial charge < -0.3 is 15.5 Å². The van der Waals surface area contributed by atoms with Crippen LogP contribution in [-0.2, 0) is 4.79 Å². The van der Waals surface area contributed by atoms with Gasteiger partial charge in [-0.3, -0.25) is 4.79 Å². The lowest BCUT2D eigenvalue weighted by atomic mass is 10.1. The van der Waals surface area contributed by atoms with Gasteiger partial charge in [-0.1, -0.05) is 15.9 Å². The van der Waals surface area contributed by atoms with Crippen molar-refractivity contribution in [3.05, 3.63) is 28.2 Å². The van der Waals surface area contributed by atoms with E-state index in [1.54, 1.807) is 0 Å². The van der Waals surface area contributed by atoms with Gasteiger partial charge in [0.25, 0.3) is 0 Å². The normalized spacial score (nSPS) is 19.4. The summed E-state index contributed by atoms with van der Waals surface area (Å²) in [6, 6.07) is 6.44. The van der Waals surface area contributed by atoms with E-state index in [4.69, 9.17) is 0 Å². The summed E-state index contributed by atoms with van der Waals surface area (Å²) >= 11 is 3.51. The number of carbonyl (C=O) groups excluding carboxylic acids is 1. The quantitative estimate of drug-likeness (QED) is 0.885. The molecule has 104 valence electrons. The van der Waals surface area contributed by atoms with Gasteiger partial charge in [-0.05, 0) is 50.7 Å². The number of halogens is 1. The monoisotopic (exact) mass is 325 g/mol. The zero-order valence-corrected chi connectivity index (χ0v) is 13.0. The summed E-state index contributed by atoms with van der Waals surface area (Å²) in [6.45, 7) is 4.29. The van der Waals surface area contributed by atoms with E-state index in [-0.39, 0.29) is 11.9 Å². The number of piperazine rings is 1. The fourth-order valence-corrected chi connectivity index (χ4v) is 2.57. The molecule has 1 heterocycles. The zero-order valence-electron chi connectivity index (χ0n) is 11.4. The average Bonchev–Trinajstić information content (AvgIpc) is 2.39. The lowest BCUT2D eigenvalue weighted by Gasteiger charge is -2.34. The van der Waals surface area contributed by atoms with Crippen LogP contribution in [0.1, 0.15) is 12.0 Å². The summed E-state index contributed by atoms with van der Waals surface area (Å²) in [6.07, 6.45) is 0.953. The minimum absolute atomic E-state index is 0.105. The largest absolute Gasteiger partial charge is 0.360 e. The Bertz CT molecular complexity index is 464. The number of carbonyl (C=O) groups is 1. The SMILES string of the molecule is CNCCC1CN(c2ccc(Br)c(C)c2)CC(=O)N1. The molecule has 1 aromatic rings. The van der Waals surface area contributed by atoms with Crippen LogP contribution in [0.4, 0.5) is 5.69 Å². The molecule has 1 aliphatic heterocycles. The summed E-state index contributed by atoms with van der Waals surface area (Å²) in [7, 11) is 1.93. The molecular formula is C14H20BrN3O. The molecule has 5 heteroatoms. The van der Waals surface area contributed by atoms with E-state index in [9.17, 15) is 4.79 Å². The second kappa shape index (κ2) is 6.39. The van der Waals surface area contributed by atoms with Crippen LogP contribution in [0.15, 0.2) is 22.7 Å². The highest BCUT2D eigenvalue weighted by atomic mass is 79.9. The summed E-state index contributed by atoms with van der Waals surface area (Å²) in [5.41, 5.74) is 2.31. The molecule has 1 fully saturated rings. The summed E-state index contributed by atoms with van der Waals surface area (Å²) in [4.78, 5) is 13.9. The van der Waals surface area contributed by atoms with Gasteiger partial charge in [0, 0.05) is 22.7 Å². The molecule has 0 spiro atoms. The van der Waals surface area contributed by atoms with Gasteiger partial charge in [-0.15, -0.1) is 0 Å². The zero-order chi connectivity index (χ0) is 13.8. The Balaban J connectivity index is 2.09. The summed E-state index contributed by atoms with van der Waals surface area (Å²) in [5, 5.41) is 6.17. The van der Waals surface area contributed by atoms with Crippen molar-refractivity contribution in [2.45, 2.75) is 19.4 Å². The molecule has 2 N–H and O–H groups in total. The fraction of sp³-hybridized carbons (Fsp3) is 0.500. The number of aryl methyl sites for hydroxylation is 1. The van der Waals surface area contributed by atoms with E-state index in [1.807, 2.05) is 13.1 Å². The molecule has 0 aromatic heterocycles. The van der Waals surface area contributed by atoms with Crippen molar-refractivity contribution < 1.29 is 4.79 Å². The first-order valence-corrected chi connectivity index (χ1v) is 7.34. The third kappa shape index (κ3) is 3.70. The maximum Gasteiger partial charge on any atom is 0.239 e. The van der Waals surface area contributed by atoms with Gasteiger partial charge in [0.2, 0.25) is 5.91 Å². The molecule has 1 aliphatic rings. The van der Waals surface area contributed by atoms with Crippen LogP contribution in [0.25, 0.3) is 0 Å². The van der Waals surface area contributed by atoms with E-state index in [2.05, 4.69) is 50.5 Å².